The highest BCUT2D eigenvalue weighted by molar-refractivity contribution is 7.83. The third-order valence-corrected chi connectivity index (χ3v) is 4.70. The first-order valence-electron chi connectivity index (χ1n) is 7.81. The Morgan fingerprint density at radius 3 is 2.62 bits per heavy atom. The molecule has 2 heterocycles. The Morgan fingerprint density at radius 1 is 1.15 bits per heavy atom. The molecule has 7 heteroatoms. The minimum Gasteiger partial charge on any atom is -0.497 e. The number of nitrogens with zero attached hydrogens (tertiary/aromatic N) is 3. The van der Waals surface area contributed by atoms with Crippen LogP contribution in [-0.2, 0) is 17.5 Å². The normalized spacial score (nSPS) is 11.5. The molecule has 1 aromatic carbocycles. The number of nitriles is 1. The zero-order valence-electron chi connectivity index (χ0n) is 14.0. The number of pyridine rings is 2. The van der Waals surface area contributed by atoms with E-state index in [1.165, 1.54) is 0 Å². The average Bonchev–Trinajstić information content (AvgIpc) is 2.72. The molecular formula is C19H16N4O2S. The lowest BCUT2D eigenvalue weighted by Gasteiger charge is -2.09. The highest BCUT2D eigenvalue weighted by atomic mass is 32.2. The minimum absolute atomic E-state index is 0.295. The van der Waals surface area contributed by atoms with Crippen LogP contribution < -0.4 is 9.46 Å². The second-order valence-corrected chi connectivity index (χ2v) is 6.62. The summed E-state index contributed by atoms with van der Waals surface area (Å²) in [6.07, 6.45) is 1.70. The molecular weight excluding hydrogens is 348 g/mol. The second kappa shape index (κ2) is 8.34. The molecule has 2 aromatic heterocycles. The Hall–Kier alpha value is -3.08. The molecule has 1 atom stereocenters. The predicted molar refractivity (Wildman–Crippen MR) is 98.4 cm³/mol. The van der Waals surface area contributed by atoms with Gasteiger partial charge in [0.15, 0.2) is 0 Å². The number of benzene rings is 1. The first-order chi connectivity index (χ1) is 12.7. The Kier molecular flexibility index (Phi) is 5.69. The summed E-state index contributed by atoms with van der Waals surface area (Å²) in [5.74, 6) is 0.654. The highest BCUT2D eigenvalue weighted by Gasteiger charge is 2.09. The van der Waals surface area contributed by atoms with Crippen molar-refractivity contribution in [3.8, 4) is 23.2 Å². The summed E-state index contributed by atoms with van der Waals surface area (Å²) in [7, 11) is 0.177. The molecule has 0 saturated heterocycles. The molecule has 0 aliphatic heterocycles. The summed E-state index contributed by atoms with van der Waals surface area (Å²) < 4.78 is 20.6. The lowest BCUT2D eigenvalue weighted by molar-refractivity contribution is 0.413. The van der Waals surface area contributed by atoms with Crippen molar-refractivity contribution in [2.24, 2.45) is 0 Å². The van der Waals surface area contributed by atoms with Crippen molar-refractivity contribution < 1.29 is 8.95 Å². The summed E-state index contributed by atoms with van der Waals surface area (Å²) in [5, 5.41) is 8.82. The SMILES string of the molecule is COc1cc(CNS(=O)c2ccc(C#N)cc2)nc(-c2ccccn2)c1. The molecule has 0 saturated carbocycles. The van der Waals surface area contributed by atoms with Gasteiger partial charge in [-0.05, 0) is 36.4 Å². The molecule has 6 nitrogen and oxygen atoms in total. The largest absolute Gasteiger partial charge is 0.497 e. The van der Waals surface area contributed by atoms with Gasteiger partial charge in [0.25, 0.3) is 0 Å². The minimum atomic E-state index is -1.41. The Morgan fingerprint density at radius 2 is 1.96 bits per heavy atom. The molecule has 1 unspecified atom stereocenters. The van der Waals surface area contributed by atoms with Gasteiger partial charge in [0, 0.05) is 18.3 Å². The van der Waals surface area contributed by atoms with Crippen LogP contribution in [0.1, 0.15) is 11.3 Å². The number of aromatic nitrogens is 2. The maximum absolute atomic E-state index is 12.4. The van der Waals surface area contributed by atoms with Gasteiger partial charge < -0.3 is 4.74 Å². The maximum Gasteiger partial charge on any atom is 0.125 e. The monoisotopic (exact) mass is 364 g/mol. The number of nitrogens with one attached hydrogen (secondary N) is 1. The molecule has 0 spiro atoms. The van der Waals surface area contributed by atoms with Gasteiger partial charge >= 0.3 is 0 Å². The van der Waals surface area contributed by atoms with E-state index in [1.807, 2.05) is 30.3 Å². The van der Waals surface area contributed by atoms with Crippen LogP contribution in [0, 0.1) is 11.3 Å². The fourth-order valence-corrected chi connectivity index (χ4v) is 3.12. The Balaban J connectivity index is 1.76. The molecule has 130 valence electrons. The fraction of sp³-hybridized carbons (Fsp3) is 0.105. The molecule has 0 radical (unpaired) electrons. The van der Waals surface area contributed by atoms with Crippen LogP contribution in [0.3, 0.4) is 0 Å². The molecule has 0 aliphatic rings. The van der Waals surface area contributed by atoms with Gasteiger partial charge in [-0.1, -0.05) is 6.07 Å². The summed E-state index contributed by atoms with van der Waals surface area (Å²) in [6, 6.07) is 17.8. The van der Waals surface area contributed by atoms with Gasteiger partial charge in [0.2, 0.25) is 0 Å². The van der Waals surface area contributed by atoms with Crippen LogP contribution in [0.25, 0.3) is 11.4 Å². The molecule has 3 aromatic rings. The van der Waals surface area contributed by atoms with Crippen LogP contribution in [0.4, 0.5) is 0 Å². The summed E-state index contributed by atoms with van der Waals surface area (Å²) in [4.78, 5) is 9.46. The molecule has 0 bridgehead atoms. The number of hydrogen-bond donors (Lipinski definition) is 1. The van der Waals surface area contributed by atoms with Gasteiger partial charge in [-0.3, -0.25) is 4.98 Å². The average molecular weight is 364 g/mol. The molecule has 26 heavy (non-hydrogen) atoms. The van der Waals surface area contributed by atoms with E-state index in [2.05, 4.69) is 14.7 Å². The number of rotatable bonds is 6. The van der Waals surface area contributed by atoms with Gasteiger partial charge in [-0.15, -0.1) is 0 Å². The second-order valence-electron chi connectivity index (χ2n) is 5.32. The number of ether oxygens (including phenoxy) is 1. The van der Waals surface area contributed by atoms with Gasteiger partial charge in [0.1, 0.15) is 16.7 Å². The molecule has 1 N–H and O–H groups in total. The summed E-state index contributed by atoms with van der Waals surface area (Å²) in [5.41, 5.74) is 2.64. The lowest BCUT2D eigenvalue weighted by atomic mass is 10.2. The first-order valence-corrected chi connectivity index (χ1v) is 8.96. The van der Waals surface area contributed by atoms with Gasteiger partial charge in [-0.25, -0.2) is 13.9 Å². The van der Waals surface area contributed by atoms with E-state index in [-0.39, 0.29) is 0 Å². The van der Waals surface area contributed by atoms with Crippen LogP contribution in [0.5, 0.6) is 5.75 Å². The summed E-state index contributed by atoms with van der Waals surface area (Å²) in [6.45, 7) is 0.295. The van der Waals surface area contributed by atoms with Gasteiger partial charge in [-0.2, -0.15) is 5.26 Å². The van der Waals surface area contributed by atoms with Gasteiger partial charge in [0.05, 0.1) is 47.3 Å². The lowest BCUT2D eigenvalue weighted by Crippen LogP contribution is -2.17. The molecule has 3 rings (SSSR count). The van der Waals surface area contributed by atoms with Crippen molar-refractivity contribution in [3.05, 3.63) is 72.1 Å². The molecule has 0 aliphatic carbocycles. The fourth-order valence-electron chi connectivity index (χ4n) is 2.29. The Bertz CT molecular complexity index is 954. The smallest absolute Gasteiger partial charge is 0.125 e. The van der Waals surface area contributed by atoms with Crippen molar-refractivity contribution in [2.45, 2.75) is 11.4 Å². The van der Waals surface area contributed by atoms with Crippen molar-refractivity contribution in [2.75, 3.05) is 7.11 Å². The van der Waals surface area contributed by atoms with E-state index in [0.717, 1.165) is 5.69 Å². The van der Waals surface area contributed by atoms with Crippen LogP contribution >= 0.6 is 0 Å². The topological polar surface area (TPSA) is 87.9 Å². The molecule has 0 amide bonds. The number of methoxy groups -OCH3 is 1. The van der Waals surface area contributed by atoms with E-state index < -0.39 is 11.0 Å². The third-order valence-electron chi connectivity index (χ3n) is 3.60. The van der Waals surface area contributed by atoms with E-state index in [4.69, 9.17) is 10.00 Å². The quantitative estimate of drug-likeness (QED) is 0.727. The van der Waals surface area contributed by atoms with Crippen molar-refractivity contribution in [1.29, 1.82) is 5.26 Å². The third kappa shape index (κ3) is 4.30. The standard InChI is InChI=1S/C19H16N4O2S/c1-25-16-10-15(23-19(11-16)18-4-2-3-9-21-18)13-22-26(24)17-7-5-14(12-20)6-8-17/h2-11,22H,13H2,1H3. The van der Waals surface area contributed by atoms with Crippen LogP contribution in [0.2, 0.25) is 0 Å². The zero-order valence-corrected chi connectivity index (χ0v) is 14.9. The first kappa shape index (κ1) is 17.7. The number of hydrogen-bond acceptors (Lipinski definition) is 5. The van der Waals surface area contributed by atoms with E-state index in [1.54, 1.807) is 43.6 Å². The predicted octanol–water partition coefficient (Wildman–Crippen LogP) is 2.84. The van der Waals surface area contributed by atoms with Crippen LogP contribution in [-0.4, -0.2) is 21.3 Å². The molecule has 0 fully saturated rings. The zero-order chi connectivity index (χ0) is 18.4. The maximum atomic E-state index is 12.4. The Labute approximate surface area is 154 Å². The van der Waals surface area contributed by atoms with Crippen molar-refractivity contribution in [3.63, 3.8) is 0 Å². The van der Waals surface area contributed by atoms with Crippen molar-refractivity contribution in [1.82, 2.24) is 14.7 Å². The van der Waals surface area contributed by atoms with Crippen molar-refractivity contribution >= 4 is 11.0 Å². The van der Waals surface area contributed by atoms with E-state index in [0.29, 0.717) is 34.1 Å². The van der Waals surface area contributed by atoms with E-state index >= 15 is 0 Å². The highest BCUT2D eigenvalue weighted by Crippen LogP contribution is 2.21. The van der Waals surface area contributed by atoms with E-state index in [9.17, 15) is 4.21 Å². The summed E-state index contributed by atoms with van der Waals surface area (Å²) >= 11 is 0. The van der Waals surface area contributed by atoms with Crippen LogP contribution in [0.15, 0.2) is 65.7 Å².